The van der Waals surface area contributed by atoms with Crippen LogP contribution < -0.4 is 0 Å². The molecule has 0 bridgehead atoms. The summed E-state index contributed by atoms with van der Waals surface area (Å²) in [7, 11) is 0. The predicted octanol–water partition coefficient (Wildman–Crippen LogP) is 7.13. The fourth-order valence-corrected chi connectivity index (χ4v) is 8.18. The lowest BCUT2D eigenvalue weighted by atomic mass is 9.61. The lowest BCUT2D eigenvalue weighted by molar-refractivity contribution is 0.0862. The first-order valence-corrected chi connectivity index (χ1v) is 15.9. The normalized spacial score (nSPS) is 35.4. The van der Waals surface area contributed by atoms with Crippen molar-refractivity contribution in [1.29, 1.82) is 0 Å². The number of aliphatic hydroxyl groups excluding tert-OH is 3. The van der Waals surface area contributed by atoms with E-state index in [0.29, 0.717) is 36.5 Å². The Morgan fingerprint density at radius 3 is 2.70 bits per heavy atom. The Morgan fingerprint density at radius 1 is 1.15 bits per heavy atom. The summed E-state index contributed by atoms with van der Waals surface area (Å²) < 4.78 is 5.88. The Morgan fingerprint density at radius 2 is 1.95 bits per heavy atom. The summed E-state index contributed by atoms with van der Waals surface area (Å²) in [6, 6.07) is 0. The maximum atomic E-state index is 11.3. The van der Waals surface area contributed by atoms with Gasteiger partial charge in [-0.2, -0.15) is 0 Å². The average molecular weight is 550 g/mol. The van der Waals surface area contributed by atoms with Crippen LogP contribution in [0.3, 0.4) is 0 Å². The molecular weight excluding hydrogens is 498 g/mol. The molecule has 0 spiro atoms. The second kappa shape index (κ2) is 12.1. The molecule has 1 aromatic rings. The Labute approximate surface area is 241 Å². The van der Waals surface area contributed by atoms with Gasteiger partial charge in [0.05, 0.1) is 29.4 Å². The topological polar surface area (TPSA) is 86.7 Å². The van der Waals surface area contributed by atoms with E-state index in [9.17, 15) is 15.3 Å². The molecule has 4 fully saturated rings. The minimum atomic E-state index is -0.643. The zero-order chi connectivity index (χ0) is 28.5. The largest absolute Gasteiger partial charge is 0.448 e. The zero-order valence-corrected chi connectivity index (χ0v) is 24.9. The number of unbranched alkanes of at least 4 members (excludes halogenated alkanes) is 2. The summed E-state index contributed by atoms with van der Waals surface area (Å²) in [5.41, 5.74) is 4.17. The van der Waals surface area contributed by atoms with Crippen molar-refractivity contribution >= 4 is 0 Å². The molecule has 0 unspecified atom stereocenters. The Kier molecular flexibility index (Phi) is 8.94. The lowest BCUT2D eigenvalue weighted by Gasteiger charge is -2.44. The van der Waals surface area contributed by atoms with Crippen molar-refractivity contribution in [2.24, 2.45) is 23.2 Å². The van der Waals surface area contributed by atoms with Gasteiger partial charge in [-0.15, -0.1) is 0 Å². The molecule has 5 rings (SSSR count). The number of nitrogens with zero attached hydrogens (tertiary/aromatic N) is 1. The predicted molar refractivity (Wildman–Crippen MR) is 160 cm³/mol. The molecule has 0 aliphatic heterocycles. The molecule has 4 saturated carbocycles. The van der Waals surface area contributed by atoms with Crippen molar-refractivity contribution in [3.63, 3.8) is 0 Å². The van der Waals surface area contributed by atoms with Crippen LogP contribution in [0, 0.1) is 23.2 Å². The first-order chi connectivity index (χ1) is 19.2. The number of aromatic nitrogens is 1. The molecule has 4 aliphatic rings. The standard InChI is InChI=1S/C35H51NO4/c1-5-6-7-10-27-22-40-33(36-27)35(18-19-35)32(39)16-11-23(2)29-14-15-30-25(9-8-17-34(29,30)4)12-13-26-20-28(37)21-31(38)24(26)3/h11-13,16,22-23,28-32,37-39H,3,5-10,14-15,17-21H2,1-2,4H3/b16-11+,25-12+,26-13-/t23-,28+,29+,30-,31-,32-,34+/m0/s1. The van der Waals surface area contributed by atoms with Gasteiger partial charge in [-0.05, 0) is 98.5 Å². The number of aliphatic hydroxyl groups is 3. The van der Waals surface area contributed by atoms with Gasteiger partial charge in [0.15, 0.2) is 0 Å². The van der Waals surface area contributed by atoms with Gasteiger partial charge in [0, 0.05) is 6.42 Å². The van der Waals surface area contributed by atoms with Crippen molar-refractivity contribution in [1.82, 2.24) is 4.98 Å². The first kappa shape index (κ1) is 29.5. The highest BCUT2D eigenvalue weighted by atomic mass is 16.3. The monoisotopic (exact) mass is 549 g/mol. The summed E-state index contributed by atoms with van der Waals surface area (Å²) in [6.45, 7) is 11.1. The quantitative estimate of drug-likeness (QED) is 0.213. The molecule has 1 heterocycles. The molecule has 40 heavy (non-hydrogen) atoms. The third-order valence-corrected chi connectivity index (χ3v) is 10.9. The van der Waals surface area contributed by atoms with Gasteiger partial charge in [-0.25, -0.2) is 4.98 Å². The number of hydrogen-bond donors (Lipinski definition) is 3. The van der Waals surface area contributed by atoms with Crippen molar-refractivity contribution < 1.29 is 19.7 Å². The molecule has 220 valence electrons. The second-order valence-corrected chi connectivity index (χ2v) is 13.6. The number of aryl methyl sites for hydroxylation is 1. The van der Waals surface area contributed by atoms with Crippen LogP contribution in [0.2, 0.25) is 0 Å². The van der Waals surface area contributed by atoms with Crippen LogP contribution in [0.1, 0.15) is 109 Å². The van der Waals surface area contributed by atoms with Crippen LogP contribution in [0.15, 0.2) is 58.3 Å². The van der Waals surface area contributed by atoms with E-state index in [0.717, 1.165) is 48.9 Å². The molecule has 0 saturated heterocycles. The van der Waals surface area contributed by atoms with Gasteiger partial charge in [-0.1, -0.05) is 70.1 Å². The third-order valence-electron chi connectivity index (χ3n) is 10.9. The van der Waals surface area contributed by atoms with E-state index >= 15 is 0 Å². The molecule has 5 heteroatoms. The molecular formula is C35H51NO4. The summed E-state index contributed by atoms with van der Waals surface area (Å²) in [4.78, 5) is 4.77. The summed E-state index contributed by atoms with van der Waals surface area (Å²) in [5.74, 6) is 2.24. The molecule has 0 aromatic carbocycles. The molecule has 4 aliphatic carbocycles. The highest BCUT2D eigenvalue weighted by Crippen LogP contribution is 2.60. The van der Waals surface area contributed by atoms with Gasteiger partial charge in [-0.3, -0.25) is 0 Å². The maximum Gasteiger partial charge on any atom is 0.203 e. The van der Waals surface area contributed by atoms with Crippen LogP contribution in [-0.2, 0) is 11.8 Å². The zero-order valence-electron chi connectivity index (χ0n) is 24.9. The highest BCUT2D eigenvalue weighted by Gasteiger charge is 2.54. The first-order valence-electron chi connectivity index (χ1n) is 15.9. The van der Waals surface area contributed by atoms with Gasteiger partial charge in [0.25, 0.3) is 0 Å². The average Bonchev–Trinajstić information content (AvgIpc) is 3.46. The van der Waals surface area contributed by atoms with Crippen molar-refractivity contribution in [2.45, 2.75) is 128 Å². The van der Waals surface area contributed by atoms with Crippen molar-refractivity contribution in [3.05, 3.63) is 65.5 Å². The summed E-state index contributed by atoms with van der Waals surface area (Å²) in [5, 5.41) is 31.6. The minimum absolute atomic E-state index is 0.243. The van der Waals surface area contributed by atoms with Gasteiger partial charge in [0.2, 0.25) is 5.89 Å². The second-order valence-electron chi connectivity index (χ2n) is 13.6. The smallest absolute Gasteiger partial charge is 0.203 e. The highest BCUT2D eigenvalue weighted by molar-refractivity contribution is 5.38. The van der Waals surface area contributed by atoms with E-state index < -0.39 is 18.3 Å². The molecule has 0 amide bonds. The number of rotatable bonds is 10. The SMILES string of the molecule is C=C1/C(=C\C=C2/CCC[C@]3(C)[C@@H]([C@@H](C)/C=C/[C@H](O)C4(c5nc(CCCCC)co5)CC4)CC[C@@H]23)C[C@@H](O)C[C@@H]1O. The number of oxazole rings is 1. The Balaban J connectivity index is 1.24. The number of hydrogen-bond acceptors (Lipinski definition) is 5. The number of fused-ring (bicyclic) bond motifs is 1. The summed E-state index contributed by atoms with van der Waals surface area (Å²) in [6.07, 6.45) is 22.0. The lowest BCUT2D eigenvalue weighted by Crippen LogP contribution is -2.35. The molecule has 1 aromatic heterocycles. The van der Waals surface area contributed by atoms with E-state index in [2.05, 4.69) is 45.6 Å². The van der Waals surface area contributed by atoms with Gasteiger partial charge in [0.1, 0.15) is 6.26 Å². The number of allylic oxidation sites excluding steroid dienone is 4. The van der Waals surface area contributed by atoms with E-state index in [4.69, 9.17) is 9.40 Å². The minimum Gasteiger partial charge on any atom is -0.448 e. The fraction of sp³-hybridized carbons (Fsp3) is 0.686. The summed E-state index contributed by atoms with van der Waals surface area (Å²) >= 11 is 0. The van der Waals surface area contributed by atoms with Crippen molar-refractivity contribution in [2.75, 3.05) is 0 Å². The van der Waals surface area contributed by atoms with E-state index in [1.54, 1.807) is 6.26 Å². The van der Waals surface area contributed by atoms with Crippen LogP contribution in [0.4, 0.5) is 0 Å². The van der Waals surface area contributed by atoms with Crippen LogP contribution >= 0.6 is 0 Å². The third kappa shape index (κ3) is 5.84. The molecule has 0 radical (unpaired) electrons. The molecule has 5 nitrogen and oxygen atoms in total. The van der Waals surface area contributed by atoms with E-state index in [1.807, 2.05) is 6.08 Å². The van der Waals surface area contributed by atoms with Gasteiger partial charge < -0.3 is 19.7 Å². The van der Waals surface area contributed by atoms with Gasteiger partial charge >= 0.3 is 0 Å². The van der Waals surface area contributed by atoms with Crippen LogP contribution in [0.5, 0.6) is 0 Å². The molecule has 7 atom stereocenters. The van der Waals surface area contributed by atoms with E-state index in [1.165, 1.54) is 44.1 Å². The van der Waals surface area contributed by atoms with Crippen LogP contribution in [0.25, 0.3) is 0 Å². The maximum absolute atomic E-state index is 11.3. The van der Waals surface area contributed by atoms with Crippen LogP contribution in [-0.4, -0.2) is 38.6 Å². The Hall–Kier alpha value is -1.95. The Bertz CT molecular complexity index is 1140. The van der Waals surface area contributed by atoms with Crippen molar-refractivity contribution in [3.8, 4) is 0 Å². The molecule has 3 N–H and O–H groups in total. The fourth-order valence-electron chi connectivity index (χ4n) is 8.18. The van der Waals surface area contributed by atoms with E-state index in [-0.39, 0.29) is 10.8 Å².